The number of nitrogens with two attached hydrogens (primary N) is 2. The van der Waals surface area contributed by atoms with Crippen LogP contribution in [0.15, 0.2) is 18.2 Å². The fourth-order valence-corrected chi connectivity index (χ4v) is 1.20. The lowest BCUT2D eigenvalue weighted by Gasteiger charge is -2.10. The van der Waals surface area contributed by atoms with Crippen LogP contribution in [-0.4, -0.2) is 38.1 Å². The maximum Gasteiger partial charge on any atom is 0.338 e. The molecule has 0 atom stereocenters. The largest absolute Gasteiger partial charge is 0.461 e. The van der Waals surface area contributed by atoms with Gasteiger partial charge in [-0.3, -0.25) is 0 Å². The predicted molar refractivity (Wildman–Crippen MR) is 64.1 cm³/mol. The number of rotatable bonds is 4. The first-order chi connectivity index (χ1) is 7.49. The van der Waals surface area contributed by atoms with Gasteiger partial charge in [0.2, 0.25) is 0 Å². The Kier molecular flexibility index (Phi) is 4.13. The van der Waals surface area contributed by atoms with E-state index < -0.39 is 5.97 Å². The second kappa shape index (κ2) is 5.37. The molecule has 16 heavy (non-hydrogen) atoms. The molecule has 1 aromatic carbocycles. The molecule has 0 amide bonds. The Morgan fingerprint density at radius 1 is 1.25 bits per heavy atom. The summed E-state index contributed by atoms with van der Waals surface area (Å²) in [5, 5.41) is 0. The molecular formula is C11H17N3O2. The molecule has 0 saturated carbocycles. The summed E-state index contributed by atoms with van der Waals surface area (Å²) in [4.78, 5) is 13.5. The Morgan fingerprint density at radius 3 is 2.31 bits per heavy atom. The molecule has 0 aromatic heterocycles. The van der Waals surface area contributed by atoms with Gasteiger partial charge in [-0.15, -0.1) is 0 Å². The Labute approximate surface area is 95.0 Å². The van der Waals surface area contributed by atoms with Gasteiger partial charge in [0.15, 0.2) is 0 Å². The fourth-order valence-electron chi connectivity index (χ4n) is 1.20. The zero-order valence-corrected chi connectivity index (χ0v) is 9.56. The Bertz CT molecular complexity index is 357. The molecule has 0 saturated heterocycles. The maximum atomic E-state index is 11.6. The minimum absolute atomic E-state index is 0.348. The van der Waals surface area contributed by atoms with Crippen molar-refractivity contribution in [2.45, 2.75) is 0 Å². The van der Waals surface area contributed by atoms with E-state index in [0.717, 1.165) is 0 Å². The average Bonchev–Trinajstić information content (AvgIpc) is 2.15. The highest BCUT2D eigenvalue weighted by Gasteiger charge is 2.08. The van der Waals surface area contributed by atoms with E-state index in [1.54, 1.807) is 18.2 Å². The summed E-state index contributed by atoms with van der Waals surface area (Å²) in [5.74, 6) is -0.402. The lowest BCUT2D eigenvalue weighted by Crippen LogP contribution is -2.20. The van der Waals surface area contributed by atoms with Crippen molar-refractivity contribution in [2.75, 3.05) is 38.7 Å². The van der Waals surface area contributed by atoms with E-state index in [1.807, 2.05) is 19.0 Å². The molecule has 0 aliphatic carbocycles. The van der Waals surface area contributed by atoms with Crippen molar-refractivity contribution >= 4 is 17.3 Å². The smallest absolute Gasteiger partial charge is 0.338 e. The number of carbonyl (C=O) groups is 1. The van der Waals surface area contributed by atoms with Gasteiger partial charge in [-0.2, -0.15) is 0 Å². The monoisotopic (exact) mass is 223 g/mol. The summed E-state index contributed by atoms with van der Waals surface area (Å²) in [6.45, 7) is 1.03. The van der Waals surface area contributed by atoms with Gasteiger partial charge in [-0.25, -0.2) is 4.79 Å². The Morgan fingerprint density at radius 2 is 1.81 bits per heavy atom. The molecule has 0 aliphatic rings. The van der Waals surface area contributed by atoms with Gasteiger partial charge in [-0.05, 0) is 32.3 Å². The van der Waals surface area contributed by atoms with Gasteiger partial charge in [0.25, 0.3) is 0 Å². The predicted octanol–water partition coefficient (Wildman–Crippen LogP) is 0.569. The SMILES string of the molecule is CN(C)CCOC(=O)c1cc(N)cc(N)c1. The van der Waals surface area contributed by atoms with Crippen LogP contribution in [-0.2, 0) is 4.74 Å². The molecule has 0 unspecified atom stereocenters. The molecule has 4 N–H and O–H groups in total. The molecule has 0 fully saturated rings. The lowest BCUT2D eigenvalue weighted by molar-refractivity contribution is 0.0482. The second-order valence-corrected chi connectivity index (χ2v) is 3.83. The van der Waals surface area contributed by atoms with Crippen LogP contribution in [0.25, 0.3) is 0 Å². The zero-order valence-electron chi connectivity index (χ0n) is 9.56. The number of ether oxygens (including phenoxy) is 1. The number of nitrogens with zero attached hydrogens (tertiary/aromatic N) is 1. The number of likely N-dealkylation sites (N-methyl/N-ethyl adjacent to an activating group) is 1. The third-order valence-corrected chi connectivity index (χ3v) is 1.99. The highest BCUT2D eigenvalue weighted by molar-refractivity contribution is 5.91. The number of hydrogen-bond acceptors (Lipinski definition) is 5. The van der Waals surface area contributed by atoms with Crippen LogP contribution in [0.1, 0.15) is 10.4 Å². The number of hydrogen-bond donors (Lipinski definition) is 2. The molecule has 0 aliphatic heterocycles. The molecule has 0 spiro atoms. The Hall–Kier alpha value is -1.75. The van der Waals surface area contributed by atoms with Crippen molar-refractivity contribution in [3.63, 3.8) is 0 Å². The quantitative estimate of drug-likeness (QED) is 0.576. The van der Waals surface area contributed by atoms with Gasteiger partial charge in [-0.1, -0.05) is 0 Å². The number of benzene rings is 1. The molecule has 1 rings (SSSR count). The van der Waals surface area contributed by atoms with Gasteiger partial charge in [0.1, 0.15) is 6.61 Å². The molecule has 1 aromatic rings. The first-order valence-electron chi connectivity index (χ1n) is 4.97. The summed E-state index contributed by atoms with van der Waals surface area (Å²) in [6.07, 6.45) is 0. The summed E-state index contributed by atoms with van der Waals surface area (Å²) in [5.41, 5.74) is 12.5. The van der Waals surface area contributed by atoms with E-state index >= 15 is 0 Å². The maximum absolute atomic E-state index is 11.6. The highest BCUT2D eigenvalue weighted by Crippen LogP contribution is 2.14. The van der Waals surface area contributed by atoms with Gasteiger partial charge in [0, 0.05) is 17.9 Å². The Balaban J connectivity index is 2.59. The number of nitrogen functional groups attached to an aromatic ring is 2. The van der Waals surface area contributed by atoms with Gasteiger partial charge >= 0.3 is 5.97 Å². The summed E-state index contributed by atoms with van der Waals surface area (Å²) in [7, 11) is 3.82. The van der Waals surface area contributed by atoms with Crippen molar-refractivity contribution < 1.29 is 9.53 Å². The van der Waals surface area contributed by atoms with Crippen LogP contribution in [0.2, 0.25) is 0 Å². The normalized spacial score (nSPS) is 10.4. The number of carbonyl (C=O) groups excluding carboxylic acids is 1. The van der Waals surface area contributed by atoms with E-state index in [-0.39, 0.29) is 0 Å². The van der Waals surface area contributed by atoms with Crippen molar-refractivity contribution in [1.29, 1.82) is 0 Å². The zero-order chi connectivity index (χ0) is 12.1. The minimum atomic E-state index is -0.402. The lowest BCUT2D eigenvalue weighted by atomic mass is 10.2. The minimum Gasteiger partial charge on any atom is -0.461 e. The van der Waals surface area contributed by atoms with E-state index in [0.29, 0.717) is 30.1 Å². The van der Waals surface area contributed by atoms with Crippen LogP contribution >= 0.6 is 0 Å². The summed E-state index contributed by atoms with van der Waals surface area (Å²) in [6, 6.07) is 4.69. The van der Waals surface area contributed by atoms with Gasteiger partial charge < -0.3 is 21.1 Å². The van der Waals surface area contributed by atoms with Crippen LogP contribution in [0.4, 0.5) is 11.4 Å². The van der Waals surface area contributed by atoms with E-state index in [1.165, 1.54) is 0 Å². The van der Waals surface area contributed by atoms with Crippen LogP contribution in [0, 0.1) is 0 Å². The highest BCUT2D eigenvalue weighted by atomic mass is 16.5. The van der Waals surface area contributed by atoms with Crippen LogP contribution in [0.5, 0.6) is 0 Å². The average molecular weight is 223 g/mol. The number of esters is 1. The van der Waals surface area contributed by atoms with Crippen LogP contribution in [0.3, 0.4) is 0 Å². The second-order valence-electron chi connectivity index (χ2n) is 3.83. The fraction of sp³-hybridized carbons (Fsp3) is 0.364. The van der Waals surface area contributed by atoms with Crippen molar-refractivity contribution in [3.05, 3.63) is 23.8 Å². The molecule has 0 bridgehead atoms. The molecule has 5 heteroatoms. The molecule has 0 radical (unpaired) electrons. The third kappa shape index (κ3) is 3.78. The molecule has 5 nitrogen and oxygen atoms in total. The van der Waals surface area contributed by atoms with Gasteiger partial charge in [0.05, 0.1) is 5.56 Å². The first-order valence-corrected chi connectivity index (χ1v) is 4.97. The van der Waals surface area contributed by atoms with E-state index in [2.05, 4.69) is 0 Å². The molecular weight excluding hydrogens is 206 g/mol. The first kappa shape index (κ1) is 12.3. The standard InChI is InChI=1S/C11H17N3O2/c1-14(2)3-4-16-11(15)8-5-9(12)7-10(13)6-8/h5-7H,3-4,12-13H2,1-2H3. The van der Waals surface area contributed by atoms with Crippen LogP contribution < -0.4 is 11.5 Å². The van der Waals surface area contributed by atoms with Crippen molar-refractivity contribution in [3.8, 4) is 0 Å². The van der Waals surface area contributed by atoms with Crippen molar-refractivity contribution in [1.82, 2.24) is 4.90 Å². The molecule has 88 valence electrons. The summed E-state index contributed by atoms with van der Waals surface area (Å²) < 4.78 is 5.06. The third-order valence-electron chi connectivity index (χ3n) is 1.99. The molecule has 0 heterocycles. The summed E-state index contributed by atoms with van der Waals surface area (Å²) >= 11 is 0. The topological polar surface area (TPSA) is 81.6 Å². The number of anilines is 2. The van der Waals surface area contributed by atoms with E-state index in [9.17, 15) is 4.79 Å². The van der Waals surface area contributed by atoms with Crippen molar-refractivity contribution in [2.24, 2.45) is 0 Å². The van der Waals surface area contributed by atoms with E-state index in [4.69, 9.17) is 16.2 Å².